The van der Waals surface area contributed by atoms with Crippen LogP contribution in [-0.4, -0.2) is 29.8 Å². The predicted octanol–water partition coefficient (Wildman–Crippen LogP) is 2.75. The minimum absolute atomic E-state index is 0.801. The van der Waals surface area contributed by atoms with Crippen molar-refractivity contribution in [3.63, 3.8) is 0 Å². The Balaban J connectivity index is 0.000000124. The fraction of sp³-hybridized carbons (Fsp3) is 0. The van der Waals surface area contributed by atoms with E-state index in [-0.39, 0.29) is 0 Å². The predicted molar refractivity (Wildman–Crippen MR) is 76.1 cm³/mol. The van der Waals surface area contributed by atoms with Gasteiger partial charge in [0.25, 0.3) is 0 Å². The molecule has 0 saturated carbocycles. The third-order valence-corrected chi connectivity index (χ3v) is 3.08. The number of nitrogens with one attached hydrogen (secondary N) is 1. The first-order chi connectivity index (χ1) is 9.97. The van der Waals surface area contributed by atoms with E-state index in [1.807, 2.05) is 16.8 Å². The van der Waals surface area contributed by atoms with Crippen molar-refractivity contribution in [3.8, 4) is 10.7 Å². The number of hydrogen-bond donors (Lipinski definition) is 1. The van der Waals surface area contributed by atoms with Crippen molar-refractivity contribution in [2.45, 2.75) is 0 Å². The van der Waals surface area contributed by atoms with E-state index in [0.717, 1.165) is 10.7 Å². The summed E-state index contributed by atoms with van der Waals surface area (Å²) in [6, 6.07) is 1.91. The molecule has 0 aliphatic rings. The summed E-state index contributed by atoms with van der Waals surface area (Å²) in [7, 11) is 0. The molecule has 4 aromatic heterocycles. The van der Waals surface area contributed by atoms with Gasteiger partial charge in [-0.25, -0.2) is 14.3 Å². The Morgan fingerprint density at radius 3 is 2.55 bits per heavy atom. The minimum atomic E-state index is 0.801. The van der Waals surface area contributed by atoms with Crippen LogP contribution in [0.2, 0.25) is 0 Å². The number of aromatic nitrogens is 6. The molecule has 0 saturated heterocycles. The summed E-state index contributed by atoms with van der Waals surface area (Å²) in [6.45, 7) is 0. The van der Waals surface area contributed by atoms with Crippen molar-refractivity contribution in [3.05, 3.63) is 54.3 Å². The van der Waals surface area contributed by atoms with E-state index in [9.17, 15) is 0 Å². The molecule has 7 nitrogen and oxygen atoms in total. The molecule has 0 fully saturated rings. The normalized spacial score (nSPS) is 9.00. The molecule has 0 spiro atoms. The van der Waals surface area contributed by atoms with Crippen molar-refractivity contribution in [1.82, 2.24) is 29.8 Å². The van der Waals surface area contributed by atoms with Crippen LogP contribution in [0, 0.1) is 0 Å². The van der Waals surface area contributed by atoms with Crippen molar-refractivity contribution in [1.29, 1.82) is 0 Å². The van der Waals surface area contributed by atoms with Gasteiger partial charge in [-0.3, -0.25) is 0 Å². The smallest absolute Gasteiger partial charge is 0.180 e. The zero-order valence-electron chi connectivity index (χ0n) is 10.2. The van der Waals surface area contributed by atoms with E-state index < -0.39 is 0 Å². The summed E-state index contributed by atoms with van der Waals surface area (Å²) < 4.78 is 8.24. The van der Waals surface area contributed by atoms with E-state index >= 15 is 0 Å². The monoisotopic (exact) mass is 306 g/mol. The topological polar surface area (TPSA) is 93.4 Å². The fourth-order valence-corrected chi connectivity index (χ4v) is 1.95. The number of nitrogens with zero attached hydrogens (tertiary/aromatic N) is 5. The minimum Gasteiger partial charge on any atom is -0.452 e. The van der Waals surface area contributed by atoms with E-state index in [4.69, 9.17) is 0 Å². The summed E-state index contributed by atoms with van der Waals surface area (Å²) in [5.74, 6) is 0. The third-order valence-electron chi connectivity index (χ3n) is 1.76. The quantitative estimate of drug-likeness (QED) is 0.581. The number of rotatable bonds is 1. The van der Waals surface area contributed by atoms with Gasteiger partial charge in [0.2, 0.25) is 0 Å². The van der Waals surface area contributed by atoms with Crippen LogP contribution in [0.5, 0.6) is 0 Å². The summed E-state index contributed by atoms with van der Waals surface area (Å²) in [5.41, 5.74) is 0.801. The average molecular weight is 306 g/mol. The van der Waals surface area contributed by atoms with Gasteiger partial charge in [0, 0.05) is 23.2 Å². The SMILES string of the molecule is c1cnsc1.c1cocn1.c1csc(-c2cn[nH]n2)n1. The number of hydrogen-bond acceptors (Lipinski definition) is 8. The largest absolute Gasteiger partial charge is 0.452 e. The first-order valence-corrected chi connectivity index (χ1v) is 7.10. The summed E-state index contributed by atoms with van der Waals surface area (Å²) in [4.78, 5) is 7.61. The van der Waals surface area contributed by atoms with E-state index in [1.165, 1.54) is 24.2 Å². The molecule has 0 amide bonds. The maximum atomic E-state index is 4.47. The Labute approximate surface area is 122 Å². The van der Waals surface area contributed by atoms with Gasteiger partial charge in [0.1, 0.15) is 17.0 Å². The van der Waals surface area contributed by atoms with Crippen LogP contribution >= 0.6 is 22.9 Å². The summed E-state index contributed by atoms with van der Waals surface area (Å²) >= 11 is 3.01. The molecule has 0 bridgehead atoms. The highest BCUT2D eigenvalue weighted by atomic mass is 32.1. The van der Waals surface area contributed by atoms with E-state index in [0.29, 0.717) is 0 Å². The highest BCUT2D eigenvalue weighted by Crippen LogP contribution is 2.16. The zero-order valence-corrected chi connectivity index (χ0v) is 11.8. The van der Waals surface area contributed by atoms with Gasteiger partial charge < -0.3 is 4.42 Å². The van der Waals surface area contributed by atoms with Gasteiger partial charge in [-0.05, 0) is 17.6 Å². The van der Waals surface area contributed by atoms with Gasteiger partial charge in [-0.15, -0.1) is 11.3 Å². The molecule has 1 N–H and O–H groups in total. The molecule has 102 valence electrons. The Morgan fingerprint density at radius 1 is 1.15 bits per heavy atom. The maximum Gasteiger partial charge on any atom is 0.180 e. The molecule has 9 heteroatoms. The van der Waals surface area contributed by atoms with E-state index in [1.54, 1.807) is 36.1 Å². The molecule has 4 heterocycles. The lowest BCUT2D eigenvalue weighted by Gasteiger charge is -1.80. The molecule has 4 aromatic rings. The number of aromatic amines is 1. The third kappa shape index (κ3) is 5.08. The Bertz CT molecular complexity index is 526. The standard InChI is InChI=1S/C5H4N4S.C3H3NO.C3H3NS/c1-2-10-5(6-1)4-3-7-9-8-4;1-2-5-3-4-1;1-2-4-5-3-1/h1-3H,(H,7,8,9);2*1-3H. The van der Waals surface area contributed by atoms with Gasteiger partial charge in [0.05, 0.1) is 12.4 Å². The average Bonchev–Trinajstić information content (AvgIpc) is 3.35. The van der Waals surface area contributed by atoms with E-state index in [2.05, 4.69) is 34.2 Å². The molecule has 20 heavy (non-hydrogen) atoms. The number of H-pyrrole nitrogens is 1. The Hall–Kier alpha value is -2.39. The lowest BCUT2D eigenvalue weighted by Crippen LogP contribution is -1.73. The van der Waals surface area contributed by atoms with Gasteiger partial charge >= 0.3 is 0 Å². The number of thiazole rings is 1. The zero-order chi connectivity index (χ0) is 13.9. The van der Waals surface area contributed by atoms with Crippen molar-refractivity contribution >= 4 is 22.9 Å². The lowest BCUT2D eigenvalue weighted by atomic mass is 10.5. The lowest BCUT2D eigenvalue weighted by molar-refractivity contribution is 0.558. The Morgan fingerprint density at radius 2 is 2.15 bits per heavy atom. The van der Waals surface area contributed by atoms with Gasteiger partial charge in [-0.2, -0.15) is 15.4 Å². The molecule has 0 aliphatic carbocycles. The number of oxazole rings is 1. The van der Waals surface area contributed by atoms with Crippen molar-refractivity contribution < 1.29 is 4.42 Å². The highest BCUT2D eigenvalue weighted by Gasteiger charge is 2.00. The van der Waals surface area contributed by atoms with Crippen LogP contribution in [0.1, 0.15) is 0 Å². The van der Waals surface area contributed by atoms with Gasteiger partial charge in [-0.1, -0.05) is 0 Å². The van der Waals surface area contributed by atoms with Crippen molar-refractivity contribution in [2.24, 2.45) is 0 Å². The second-order valence-corrected chi connectivity index (χ2v) is 4.65. The Kier molecular flexibility index (Phi) is 6.08. The molecule has 0 atom stereocenters. The molecule has 0 unspecified atom stereocenters. The molecule has 4 rings (SSSR count). The molecule has 0 aromatic carbocycles. The van der Waals surface area contributed by atoms with Crippen LogP contribution in [0.25, 0.3) is 10.7 Å². The maximum absolute atomic E-state index is 4.47. The highest BCUT2D eigenvalue weighted by molar-refractivity contribution is 7.13. The fourth-order valence-electron chi connectivity index (χ4n) is 1.01. The summed E-state index contributed by atoms with van der Waals surface area (Å²) in [5, 5.41) is 14.8. The second kappa shape index (κ2) is 8.67. The molecule has 0 radical (unpaired) electrons. The second-order valence-electron chi connectivity index (χ2n) is 3.06. The van der Waals surface area contributed by atoms with Crippen LogP contribution < -0.4 is 0 Å². The first kappa shape index (κ1) is 14.0. The molecular weight excluding hydrogens is 296 g/mol. The van der Waals surface area contributed by atoms with Crippen LogP contribution in [0.15, 0.2) is 58.7 Å². The van der Waals surface area contributed by atoms with Crippen LogP contribution in [-0.2, 0) is 0 Å². The van der Waals surface area contributed by atoms with Gasteiger partial charge in [0.15, 0.2) is 6.39 Å². The van der Waals surface area contributed by atoms with Crippen molar-refractivity contribution in [2.75, 3.05) is 0 Å². The molecular formula is C11H10N6OS2. The summed E-state index contributed by atoms with van der Waals surface area (Å²) in [6.07, 6.45) is 9.64. The molecule has 0 aliphatic heterocycles. The van der Waals surface area contributed by atoms with Crippen LogP contribution in [0.3, 0.4) is 0 Å². The van der Waals surface area contributed by atoms with Crippen LogP contribution in [0.4, 0.5) is 0 Å². The first-order valence-electron chi connectivity index (χ1n) is 5.39.